The summed E-state index contributed by atoms with van der Waals surface area (Å²) in [5, 5.41) is 8.93. The van der Waals surface area contributed by atoms with Crippen LogP contribution in [-0.4, -0.2) is 58.4 Å². The summed E-state index contributed by atoms with van der Waals surface area (Å²) in [5.74, 6) is 8.12. The second-order valence-electron chi connectivity index (χ2n) is 20.7. The van der Waals surface area contributed by atoms with Gasteiger partial charge in [0.2, 0.25) is 0 Å². The first-order chi connectivity index (χ1) is 24.8. The van der Waals surface area contributed by atoms with Gasteiger partial charge in [-0.15, -0.1) is 0 Å². The van der Waals surface area contributed by atoms with Crippen LogP contribution >= 0.6 is 0 Å². The third-order valence-corrected chi connectivity index (χ3v) is 18.6. The third kappa shape index (κ3) is 6.42. The molecule has 50 heavy (non-hydrogen) atoms. The Morgan fingerprint density at radius 1 is 0.300 bits per heavy atom. The van der Waals surface area contributed by atoms with Crippen LogP contribution in [-0.2, 0) is 0 Å². The minimum Gasteiger partial charge on any atom is -0.299 e. The highest BCUT2D eigenvalue weighted by molar-refractivity contribution is 5.10. The topological polar surface area (TPSA) is 30.5 Å². The van der Waals surface area contributed by atoms with Gasteiger partial charge in [-0.05, 0) is 176 Å². The highest BCUT2D eigenvalue weighted by Gasteiger charge is 2.59. The number of nitrogens with one attached hydrogen (secondary N) is 2. The summed E-state index contributed by atoms with van der Waals surface area (Å²) in [5.41, 5.74) is 0. The molecule has 10 fully saturated rings. The molecular formula is C46H78N4. The van der Waals surface area contributed by atoms with Crippen molar-refractivity contribution >= 4 is 0 Å². The molecule has 0 radical (unpaired) electrons. The van der Waals surface area contributed by atoms with Gasteiger partial charge in [-0.1, -0.05) is 64.2 Å². The maximum Gasteiger partial charge on any atom is 0.0604 e. The van der Waals surface area contributed by atoms with Gasteiger partial charge in [0.05, 0.1) is 12.3 Å². The van der Waals surface area contributed by atoms with Crippen LogP contribution in [0.2, 0.25) is 0 Å². The molecule has 2 heterocycles. The summed E-state index contributed by atoms with van der Waals surface area (Å²) < 4.78 is 0. The van der Waals surface area contributed by atoms with E-state index in [2.05, 4.69) is 20.4 Å². The summed E-state index contributed by atoms with van der Waals surface area (Å²) in [4.78, 5) is 6.63. The highest BCUT2D eigenvalue weighted by atomic mass is 15.3. The van der Waals surface area contributed by atoms with Gasteiger partial charge in [-0.2, -0.15) is 0 Å². The Hall–Kier alpha value is -0.160. The molecule has 10 rings (SSSR count). The van der Waals surface area contributed by atoms with E-state index in [0.717, 1.165) is 83.6 Å². The fraction of sp³-hybridized carbons (Fsp3) is 1.00. The number of nitrogens with zero attached hydrogens (tertiary/aromatic N) is 2. The molecule has 4 heteroatoms. The molecular weight excluding hydrogens is 609 g/mol. The summed E-state index contributed by atoms with van der Waals surface area (Å²) in [6, 6.07) is 5.11. The van der Waals surface area contributed by atoms with E-state index in [4.69, 9.17) is 0 Å². The predicted molar refractivity (Wildman–Crippen MR) is 207 cm³/mol. The number of piperidine rings is 2. The largest absolute Gasteiger partial charge is 0.299 e. The minimum absolute atomic E-state index is 0.679. The molecule has 2 aliphatic heterocycles. The van der Waals surface area contributed by atoms with Gasteiger partial charge in [0.15, 0.2) is 0 Å². The lowest BCUT2D eigenvalue weighted by Crippen LogP contribution is -2.68. The standard InChI is InChI=1S/C46H78N4/c1-3-13-35(14-4-1)49(43-29-23-31-11-7-9-17-39(31)47-43)41-27-21-33-19-20-34-22-28-42(38-26-25-37(41)45(33)46(34)38)50(36-15-5-2-6-16-36)44-30-24-32-12-8-10-18-40(32)48-44/h31-48H,1-30H2. The quantitative estimate of drug-likeness (QED) is 0.291. The Balaban J connectivity index is 0.932. The predicted octanol–water partition coefficient (Wildman–Crippen LogP) is 10.4. The van der Waals surface area contributed by atoms with Crippen LogP contribution in [0.15, 0.2) is 0 Å². The van der Waals surface area contributed by atoms with E-state index >= 15 is 0 Å². The van der Waals surface area contributed by atoms with Crippen molar-refractivity contribution < 1.29 is 0 Å². The third-order valence-electron chi connectivity index (χ3n) is 18.6. The van der Waals surface area contributed by atoms with Crippen LogP contribution in [0.1, 0.15) is 193 Å². The summed E-state index contributed by atoms with van der Waals surface area (Å²) in [6.45, 7) is 0. The van der Waals surface area contributed by atoms with Crippen molar-refractivity contribution in [3.8, 4) is 0 Å². The smallest absolute Gasteiger partial charge is 0.0604 e. The molecule has 2 saturated heterocycles. The van der Waals surface area contributed by atoms with Gasteiger partial charge in [-0.25, -0.2) is 0 Å². The number of fused-ring (bicyclic) bond motifs is 2. The molecule has 4 nitrogen and oxygen atoms in total. The summed E-state index contributed by atoms with van der Waals surface area (Å²) >= 11 is 0. The first kappa shape index (κ1) is 34.3. The normalized spacial score (nSPS) is 48.8. The van der Waals surface area contributed by atoms with Crippen LogP contribution in [0, 0.1) is 47.3 Å². The van der Waals surface area contributed by atoms with E-state index in [1.54, 1.807) is 38.5 Å². The van der Waals surface area contributed by atoms with Crippen LogP contribution in [0.5, 0.6) is 0 Å². The van der Waals surface area contributed by atoms with Gasteiger partial charge in [0, 0.05) is 36.3 Å². The maximum atomic E-state index is 4.46. The van der Waals surface area contributed by atoms with Crippen molar-refractivity contribution in [3.63, 3.8) is 0 Å². The molecule has 8 aliphatic carbocycles. The SMILES string of the molecule is C1CCC(N(C2CCC3CCCCC3N2)C2CCC3CCC4CCC(N(C5CCCCC5)C5CCC6CCCCC6N5)C5CCC2C3C45)CC1. The van der Waals surface area contributed by atoms with Crippen molar-refractivity contribution in [2.75, 3.05) is 0 Å². The Labute approximate surface area is 308 Å². The van der Waals surface area contributed by atoms with Crippen LogP contribution in [0.3, 0.4) is 0 Å². The molecule has 14 unspecified atom stereocenters. The van der Waals surface area contributed by atoms with Crippen molar-refractivity contribution in [3.05, 3.63) is 0 Å². The van der Waals surface area contributed by atoms with E-state index in [1.807, 2.05) is 0 Å². The Morgan fingerprint density at radius 3 is 1.14 bits per heavy atom. The van der Waals surface area contributed by atoms with Crippen molar-refractivity contribution in [1.82, 2.24) is 20.4 Å². The van der Waals surface area contributed by atoms with E-state index in [0.29, 0.717) is 12.3 Å². The van der Waals surface area contributed by atoms with Crippen LogP contribution in [0.25, 0.3) is 0 Å². The van der Waals surface area contributed by atoms with Crippen LogP contribution in [0.4, 0.5) is 0 Å². The zero-order chi connectivity index (χ0) is 33.0. The van der Waals surface area contributed by atoms with E-state index < -0.39 is 0 Å². The first-order valence-corrected chi connectivity index (χ1v) is 23.9. The average Bonchev–Trinajstić information content (AvgIpc) is 3.19. The van der Waals surface area contributed by atoms with Crippen molar-refractivity contribution in [2.24, 2.45) is 47.3 Å². The van der Waals surface area contributed by atoms with E-state index in [1.165, 1.54) is 154 Å². The van der Waals surface area contributed by atoms with Crippen molar-refractivity contribution in [2.45, 2.75) is 241 Å². The average molecular weight is 687 g/mol. The number of rotatable bonds is 6. The summed E-state index contributed by atoms with van der Waals surface area (Å²) in [7, 11) is 0. The Kier molecular flexibility index (Phi) is 10.4. The number of hydrogen-bond donors (Lipinski definition) is 2. The van der Waals surface area contributed by atoms with Gasteiger partial charge in [0.25, 0.3) is 0 Å². The molecule has 0 bridgehead atoms. The fourth-order valence-corrected chi connectivity index (χ4v) is 16.7. The van der Waals surface area contributed by atoms with Crippen LogP contribution < -0.4 is 10.6 Å². The molecule has 0 spiro atoms. The molecule has 2 N–H and O–H groups in total. The van der Waals surface area contributed by atoms with Gasteiger partial charge >= 0.3 is 0 Å². The molecule has 282 valence electrons. The lowest BCUT2D eigenvalue weighted by molar-refractivity contribution is -0.154. The molecule has 8 saturated carbocycles. The molecule has 10 aliphatic rings. The van der Waals surface area contributed by atoms with Gasteiger partial charge in [-0.3, -0.25) is 20.4 Å². The van der Waals surface area contributed by atoms with Crippen molar-refractivity contribution in [1.29, 1.82) is 0 Å². The van der Waals surface area contributed by atoms with E-state index in [-0.39, 0.29) is 0 Å². The second kappa shape index (κ2) is 15.2. The molecule has 0 aromatic rings. The Bertz CT molecular complexity index is 1030. The lowest BCUT2D eigenvalue weighted by atomic mass is 9.46. The molecule has 14 atom stereocenters. The fourth-order valence-electron chi connectivity index (χ4n) is 16.7. The lowest BCUT2D eigenvalue weighted by Gasteiger charge is -2.65. The Morgan fingerprint density at radius 2 is 0.680 bits per heavy atom. The minimum atomic E-state index is 0.679. The highest BCUT2D eigenvalue weighted by Crippen LogP contribution is 2.62. The summed E-state index contributed by atoms with van der Waals surface area (Å²) in [6.07, 6.45) is 46.5. The zero-order valence-corrected chi connectivity index (χ0v) is 32.3. The first-order valence-electron chi connectivity index (χ1n) is 23.9. The molecule has 0 aromatic carbocycles. The monoisotopic (exact) mass is 687 g/mol. The molecule has 0 aromatic heterocycles. The van der Waals surface area contributed by atoms with Gasteiger partial charge in [0.1, 0.15) is 0 Å². The van der Waals surface area contributed by atoms with Gasteiger partial charge < -0.3 is 0 Å². The maximum absolute atomic E-state index is 4.46. The second-order valence-corrected chi connectivity index (χ2v) is 20.7. The zero-order valence-electron chi connectivity index (χ0n) is 32.3. The molecule has 0 amide bonds. The van der Waals surface area contributed by atoms with E-state index in [9.17, 15) is 0 Å². The number of hydrogen-bond acceptors (Lipinski definition) is 4.